The number of nitrogens with zero attached hydrogens (tertiary/aromatic N) is 3. The van der Waals surface area contributed by atoms with Gasteiger partial charge in [-0.25, -0.2) is 13.1 Å². The van der Waals surface area contributed by atoms with E-state index >= 15 is 0 Å². The minimum Gasteiger partial charge on any atom is -0.281 e. The Labute approximate surface area is 105 Å². The number of H-pyrrole nitrogens is 1. The molecule has 2 aromatic heterocycles. The van der Waals surface area contributed by atoms with Crippen molar-refractivity contribution in [3.05, 3.63) is 29.8 Å². The third-order valence-corrected chi connectivity index (χ3v) is 4.24. The zero-order valence-corrected chi connectivity index (χ0v) is 11.0. The maximum absolute atomic E-state index is 12.1. The molecule has 2 heterocycles. The second kappa shape index (κ2) is 4.91. The van der Waals surface area contributed by atoms with E-state index in [0.717, 1.165) is 0 Å². The van der Waals surface area contributed by atoms with Crippen LogP contribution in [0.4, 0.5) is 0 Å². The molecule has 98 valence electrons. The summed E-state index contributed by atoms with van der Waals surface area (Å²) in [6.45, 7) is 4.11. The van der Waals surface area contributed by atoms with Gasteiger partial charge in [-0.2, -0.15) is 10.2 Å². The number of sulfonamides is 1. The fourth-order valence-electron chi connectivity index (χ4n) is 1.74. The molecule has 0 aliphatic heterocycles. The molecule has 0 amide bonds. The summed E-state index contributed by atoms with van der Waals surface area (Å²) >= 11 is 0. The summed E-state index contributed by atoms with van der Waals surface area (Å²) in [6, 6.07) is 1.79. The van der Waals surface area contributed by atoms with E-state index in [0.29, 0.717) is 17.9 Å². The van der Waals surface area contributed by atoms with Crippen LogP contribution in [0.1, 0.15) is 11.4 Å². The average Bonchev–Trinajstić information content (AvgIpc) is 2.89. The summed E-state index contributed by atoms with van der Waals surface area (Å²) in [5.41, 5.74) is 1.01. The number of rotatable bonds is 5. The quantitative estimate of drug-likeness (QED) is 0.811. The van der Waals surface area contributed by atoms with Gasteiger partial charge in [-0.05, 0) is 19.9 Å². The minimum absolute atomic E-state index is 0.225. The first kappa shape index (κ1) is 12.8. The van der Waals surface area contributed by atoms with Gasteiger partial charge in [0.1, 0.15) is 4.90 Å². The Balaban J connectivity index is 2.04. The van der Waals surface area contributed by atoms with E-state index in [-0.39, 0.29) is 11.4 Å². The largest absolute Gasteiger partial charge is 0.281 e. The molecule has 0 radical (unpaired) electrons. The number of nitrogens with one attached hydrogen (secondary N) is 2. The second-order valence-electron chi connectivity index (χ2n) is 3.93. The molecule has 0 aromatic carbocycles. The van der Waals surface area contributed by atoms with Crippen LogP contribution in [0, 0.1) is 13.8 Å². The molecular formula is C10H15N5O2S. The van der Waals surface area contributed by atoms with Crippen LogP contribution in [0.3, 0.4) is 0 Å². The Morgan fingerprint density at radius 1 is 1.44 bits per heavy atom. The van der Waals surface area contributed by atoms with Gasteiger partial charge in [-0.15, -0.1) is 0 Å². The number of hydrogen-bond acceptors (Lipinski definition) is 4. The lowest BCUT2D eigenvalue weighted by molar-refractivity contribution is 0.560. The van der Waals surface area contributed by atoms with E-state index in [9.17, 15) is 8.42 Å². The fourth-order valence-corrected chi connectivity index (χ4v) is 3.12. The zero-order chi connectivity index (χ0) is 13.2. The summed E-state index contributed by atoms with van der Waals surface area (Å²) in [7, 11) is -3.52. The van der Waals surface area contributed by atoms with E-state index in [1.54, 1.807) is 37.0 Å². The van der Waals surface area contributed by atoms with Crippen LogP contribution in [0.25, 0.3) is 0 Å². The molecule has 0 aliphatic carbocycles. The van der Waals surface area contributed by atoms with Crippen LogP contribution in [-0.2, 0) is 16.6 Å². The molecule has 0 bridgehead atoms. The van der Waals surface area contributed by atoms with Crippen molar-refractivity contribution in [1.82, 2.24) is 24.7 Å². The molecule has 2 N–H and O–H groups in total. The van der Waals surface area contributed by atoms with Crippen LogP contribution in [0.5, 0.6) is 0 Å². The molecule has 0 aliphatic rings. The summed E-state index contributed by atoms with van der Waals surface area (Å²) in [6.07, 6.45) is 3.43. The van der Waals surface area contributed by atoms with Crippen molar-refractivity contribution >= 4 is 10.0 Å². The SMILES string of the molecule is Cc1n[nH]c(C)c1S(=O)(=O)NCCn1cccn1. The third kappa shape index (κ3) is 2.59. The highest BCUT2D eigenvalue weighted by molar-refractivity contribution is 7.89. The molecule has 0 spiro atoms. The van der Waals surface area contributed by atoms with Crippen LogP contribution in [-0.4, -0.2) is 34.9 Å². The average molecular weight is 269 g/mol. The van der Waals surface area contributed by atoms with Crippen LogP contribution in [0.2, 0.25) is 0 Å². The van der Waals surface area contributed by atoms with E-state index in [1.807, 2.05) is 0 Å². The van der Waals surface area contributed by atoms with Crippen molar-refractivity contribution in [3.63, 3.8) is 0 Å². The van der Waals surface area contributed by atoms with Crippen LogP contribution >= 0.6 is 0 Å². The molecular weight excluding hydrogens is 254 g/mol. The van der Waals surface area contributed by atoms with Gasteiger partial charge in [-0.3, -0.25) is 9.78 Å². The van der Waals surface area contributed by atoms with Crippen molar-refractivity contribution < 1.29 is 8.42 Å². The molecule has 2 rings (SSSR count). The van der Waals surface area contributed by atoms with Gasteiger partial charge in [0.15, 0.2) is 0 Å². The Kier molecular flexibility index (Phi) is 3.48. The lowest BCUT2D eigenvalue weighted by Crippen LogP contribution is -2.28. The molecule has 8 heteroatoms. The first-order valence-corrected chi connectivity index (χ1v) is 6.97. The number of aryl methyl sites for hydroxylation is 2. The highest BCUT2D eigenvalue weighted by Crippen LogP contribution is 2.15. The van der Waals surface area contributed by atoms with Gasteiger partial charge < -0.3 is 0 Å². The molecule has 7 nitrogen and oxygen atoms in total. The van der Waals surface area contributed by atoms with Gasteiger partial charge in [0.2, 0.25) is 10.0 Å². The second-order valence-corrected chi connectivity index (χ2v) is 5.63. The van der Waals surface area contributed by atoms with Crippen molar-refractivity contribution in [2.24, 2.45) is 0 Å². The van der Waals surface area contributed by atoms with Crippen molar-refractivity contribution in [1.29, 1.82) is 0 Å². The smallest absolute Gasteiger partial charge is 0.244 e. The Morgan fingerprint density at radius 3 is 2.78 bits per heavy atom. The van der Waals surface area contributed by atoms with Crippen molar-refractivity contribution in [2.75, 3.05) is 6.54 Å². The van der Waals surface area contributed by atoms with Gasteiger partial charge in [0.05, 0.1) is 17.9 Å². The molecule has 18 heavy (non-hydrogen) atoms. The van der Waals surface area contributed by atoms with E-state index in [2.05, 4.69) is 20.0 Å². The molecule has 0 saturated heterocycles. The minimum atomic E-state index is -3.52. The molecule has 0 fully saturated rings. The summed E-state index contributed by atoms with van der Waals surface area (Å²) in [5, 5.41) is 10.5. The molecule has 2 aromatic rings. The lowest BCUT2D eigenvalue weighted by atomic mass is 10.4. The van der Waals surface area contributed by atoms with Crippen molar-refractivity contribution in [2.45, 2.75) is 25.3 Å². The van der Waals surface area contributed by atoms with Gasteiger partial charge in [0, 0.05) is 18.9 Å². The van der Waals surface area contributed by atoms with Crippen molar-refractivity contribution in [3.8, 4) is 0 Å². The molecule has 0 saturated carbocycles. The van der Waals surface area contributed by atoms with Gasteiger partial charge in [0.25, 0.3) is 0 Å². The summed E-state index contributed by atoms with van der Waals surface area (Å²) < 4.78 is 28.3. The summed E-state index contributed by atoms with van der Waals surface area (Å²) in [4.78, 5) is 0.225. The third-order valence-electron chi connectivity index (χ3n) is 2.52. The molecule has 0 atom stereocenters. The number of aromatic amines is 1. The highest BCUT2D eigenvalue weighted by atomic mass is 32.2. The predicted octanol–water partition coefficient (Wildman–Crippen LogP) is 0.202. The zero-order valence-electron chi connectivity index (χ0n) is 10.2. The Bertz CT molecular complexity index is 595. The van der Waals surface area contributed by atoms with Crippen LogP contribution in [0.15, 0.2) is 23.4 Å². The monoisotopic (exact) mass is 269 g/mol. The topological polar surface area (TPSA) is 92.7 Å². The fraction of sp³-hybridized carbons (Fsp3) is 0.400. The highest BCUT2D eigenvalue weighted by Gasteiger charge is 2.21. The van der Waals surface area contributed by atoms with Crippen LogP contribution < -0.4 is 4.72 Å². The maximum atomic E-state index is 12.1. The Hall–Kier alpha value is -1.67. The normalized spacial score (nSPS) is 11.9. The number of hydrogen-bond donors (Lipinski definition) is 2. The maximum Gasteiger partial charge on any atom is 0.244 e. The summed E-state index contributed by atoms with van der Waals surface area (Å²) in [5.74, 6) is 0. The lowest BCUT2D eigenvalue weighted by Gasteiger charge is -2.06. The Morgan fingerprint density at radius 2 is 2.22 bits per heavy atom. The van der Waals surface area contributed by atoms with Gasteiger partial charge in [-0.1, -0.05) is 0 Å². The standard InChI is InChI=1S/C10H15N5O2S/c1-8-10(9(2)14-13-8)18(16,17)12-5-7-15-6-3-4-11-15/h3-4,6,12H,5,7H2,1-2H3,(H,13,14). The first-order valence-electron chi connectivity index (χ1n) is 5.49. The van der Waals surface area contributed by atoms with E-state index in [1.165, 1.54) is 0 Å². The molecule has 0 unspecified atom stereocenters. The predicted molar refractivity (Wildman–Crippen MR) is 65.5 cm³/mol. The first-order chi connectivity index (χ1) is 8.50. The van der Waals surface area contributed by atoms with E-state index in [4.69, 9.17) is 0 Å². The van der Waals surface area contributed by atoms with E-state index < -0.39 is 10.0 Å². The number of aromatic nitrogens is 4. The van der Waals surface area contributed by atoms with Gasteiger partial charge >= 0.3 is 0 Å².